The zero-order valence-corrected chi connectivity index (χ0v) is 13.1. The molecule has 3 N–H and O–H groups in total. The number of carbonyl (C=O) groups excluding carboxylic acids is 1. The number of alkyl halides is 3. The SMILES string of the molecule is CN(CC(=O)Nc1ccc(N)c(C(F)(F)F)c1)Cc1ccccc1. The number of nitrogens with one attached hydrogen (secondary N) is 1. The van der Waals surface area contributed by atoms with Crippen molar-refractivity contribution < 1.29 is 18.0 Å². The number of hydrogen-bond acceptors (Lipinski definition) is 3. The van der Waals surface area contributed by atoms with Crippen molar-refractivity contribution >= 4 is 17.3 Å². The molecule has 2 rings (SSSR count). The van der Waals surface area contributed by atoms with Crippen molar-refractivity contribution in [3.8, 4) is 0 Å². The van der Waals surface area contributed by atoms with E-state index in [-0.39, 0.29) is 17.9 Å². The molecule has 7 heteroatoms. The highest BCUT2D eigenvalue weighted by molar-refractivity contribution is 5.92. The lowest BCUT2D eigenvalue weighted by atomic mass is 10.1. The summed E-state index contributed by atoms with van der Waals surface area (Å²) in [7, 11) is 1.76. The second kappa shape index (κ2) is 7.35. The largest absolute Gasteiger partial charge is 0.418 e. The maximum absolute atomic E-state index is 12.8. The molecule has 0 heterocycles. The monoisotopic (exact) mass is 337 g/mol. The molecule has 0 unspecified atom stereocenters. The predicted molar refractivity (Wildman–Crippen MR) is 87.3 cm³/mol. The topological polar surface area (TPSA) is 58.4 Å². The molecule has 2 aromatic carbocycles. The average molecular weight is 337 g/mol. The fourth-order valence-corrected chi connectivity index (χ4v) is 2.28. The molecule has 24 heavy (non-hydrogen) atoms. The van der Waals surface area contributed by atoms with E-state index in [0.717, 1.165) is 17.7 Å². The molecule has 1 amide bonds. The summed E-state index contributed by atoms with van der Waals surface area (Å²) in [5, 5.41) is 2.46. The van der Waals surface area contributed by atoms with E-state index in [4.69, 9.17) is 5.73 Å². The zero-order chi connectivity index (χ0) is 17.7. The number of carbonyl (C=O) groups is 1. The molecule has 0 aliphatic rings. The van der Waals surface area contributed by atoms with Gasteiger partial charge in [0.05, 0.1) is 12.1 Å². The molecule has 0 aliphatic carbocycles. The van der Waals surface area contributed by atoms with Crippen molar-refractivity contribution in [2.75, 3.05) is 24.6 Å². The van der Waals surface area contributed by atoms with Crippen molar-refractivity contribution in [3.63, 3.8) is 0 Å². The standard InChI is InChI=1S/C17H18F3N3O/c1-23(10-12-5-3-2-4-6-12)11-16(24)22-13-7-8-15(21)14(9-13)17(18,19)20/h2-9H,10-11,21H2,1H3,(H,22,24). The van der Waals surface area contributed by atoms with Crippen LogP contribution in [0.2, 0.25) is 0 Å². The Morgan fingerprint density at radius 3 is 2.46 bits per heavy atom. The van der Waals surface area contributed by atoms with Crippen LogP contribution in [0.5, 0.6) is 0 Å². The van der Waals surface area contributed by atoms with E-state index in [1.165, 1.54) is 6.07 Å². The van der Waals surface area contributed by atoms with E-state index in [1.807, 2.05) is 30.3 Å². The third-order valence-corrected chi connectivity index (χ3v) is 3.35. The van der Waals surface area contributed by atoms with E-state index in [0.29, 0.717) is 6.54 Å². The second-order valence-corrected chi connectivity index (χ2v) is 5.51. The third kappa shape index (κ3) is 4.99. The minimum absolute atomic E-state index is 0.0562. The summed E-state index contributed by atoms with van der Waals surface area (Å²) >= 11 is 0. The van der Waals surface area contributed by atoms with Crippen LogP contribution in [0, 0.1) is 0 Å². The van der Waals surface area contributed by atoms with Gasteiger partial charge in [-0.1, -0.05) is 30.3 Å². The van der Waals surface area contributed by atoms with Gasteiger partial charge in [0.2, 0.25) is 5.91 Å². The van der Waals surface area contributed by atoms with Crippen LogP contribution >= 0.6 is 0 Å². The molecule has 0 fully saturated rings. The highest BCUT2D eigenvalue weighted by Gasteiger charge is 2.33. The number of amides is 1. The van der Waals surface area contributed by atoms with Gasteiger partial charge in [0.1, 0.15) is 0 Å². The van der Waals surface area contributed by atoms with Crippen LogP contribution in [0.15, 0.2) is 48.5 Å². The van der Waals surface area contributed by atoms with Gasteiger partial charge in [-0.05, 0) is 30.8 Å². The van der Waals surface area contributed by atoms with Crippen LogP contribution in [0.3, 0.4) is 0 Å². The quantitative estimate of drug-likeness (QED) is 0.823. The van der Waals surface area contributed by atoms with E-state index >= 15 is 0 Å². The molecule has 0 aromatic heterocycles. The van der Waals surface area contributed by atoms with Crippen molar-refractivity contribution in [1.82, 2.24) is 4.90 Å². The first-order valence-corrected chi connectivity index (χ1v) is 7.25. The number of anilines is 2. The lowest BCUT2D eigenvalue weighted by molar-refractivity contribution is -0.136. The Morgan fingerprint density at radius 1 is 1.17 bits per heavy atom. The summed E-state index contributed by atoms with van der Waals surface area (Å²) in [5.74, 6) is -0.397. The van der Waals surface area contributed by atoms with Gasteiger partial charge in [0.15, 0.2) is 0 Å². The molecule has 0 radical (unpaired) electrons. The predicted octanol–water partition coefficient (Wildman–Crippen LogP) is 3.36. The van der Waals surface area contributed by atoms with E-state index in [1.54, 1.807) is 11.9 Å². The number of benzene rings is 2. The van der Waals surface area contributed by atoms with Crippen LogP contribution in [0.1, 0.15) is 11.1 Å². The van der Waals surface area contributed by atoms with Gasteiger partial charge in [-0.2, -0.15) is 13.2 Å². The van der Waals surface area contributed by atoms with Gasteiger partial charge < -0.3 is 11.1 Å². The Labute approximate surface area is 138 Å². The summed E-state index contributed by atoms with van der Waals surface area (Å²) in [6.45, 7) is 0.615. The molecule has 0 saturated carbocycles. The van der Waals surface area contributed by atoms with Gasteiger partial charge in [0.25, 0.3) is 0 Å². The highest BCUT2D eigenvalue weighted by atomic mass is 19.4. The highest BCUT2D eigenvalue weighted by Crippen LogP contribution is 2.35. The number of hydrogen-bond donors (Lipinski definition) is 2. The van der Waals surface area contributed by atoms with Gasteiger partial charge >= 0.3 is 6.18 Å². The summed E-state index contributed by atoms with van der Waals surface area (Å²) in [5.41, 5.74) is 5.10. The lowest BCUT2D eigenvalue weighted by Crippen LogP contribution is -2.29. The Bertz CT molecular complexity index is 702. The number of nitrogen functional groups attached to an aromatic ring is 1. The second-order valence-electron chi connectivity index (χ2n) is 5.51. The minimum atomic E-state index is -4.56. The smallest absolute Gasteiger partial charge is 0.398 e. The first kappa shape index (κ1) is 17.8. The van der Waals surface area contributed by atoms with Crippen molar-refractivity contribution in [1.29, 1.82) is 0 Å². The molecular weight excluding hydrogens is 319 g/mol. The molecule has 4 nitrogen and oxygen atoms in total. The Morgan fingerprint density at radius 2 is 1.83 bits per heavy atom. The van der Waals surface area contributed by atoms with Gasteiger partial charge in [-0.15, -0.1) is 0 Å². The first-order valence-electron chi connectivity index (χ1n) is 7.25. The van der Waals surface area contributed by atoms with E-state index in [9.17, 15) is 18.0 Å². The van der Waals surface area contributed by atoms with Crippen LogP contribution < -0.4 is 11.1 Å². The minimum Gasteiger partial charge on any atom is -0.398 e. The number of likely N-dealkylation sites (N-methyl/N-ethyl adjacent to an activating group) is 1. The van der Waals surface area contributed by atoms with Crippen LogP contribution in [0.25, 0.3) is 0 Å². The number of nitrogens with two attached hydrogens (primary N) is 1. The molecule has 0 atom stereocenters. The van der Waals surface area contributed by atoms with Gasteiger partial charge in [-0.25, -0.2) is 0 Å². The third-order valence-electron chi connectivity index (χ3n) is 3.35. The van der Waals surface area contributed by atoms with Crippen molar-refractivity contribution in [2.45, 2.75) is 12.7 Å². The fourth-order valence-electron chi connectivity index (χ4n) is 2.28. The van der Waals surface area contributed by atoms with E-state index < -0.39 is 17.6 Å². The molecular formula is C17H18F3N3O. The molecule has 0 saturated heterocycles. The van der Waals surface area contributed by atoms with Crippen molar-refractivity contribution in [3.05, 3.63) is 59.7 Å². The normalized spacial score (nSPS) is 11.5. The van der Waals surface area contributed by atoms with E-state index in [2.05, 4.69) is 5.32 Å². The summed E-state index contributed by atoms with van der Waals surface area (Å²) in [6, 6.07) is 12.9. The average Bonchev–Trinajstić information content (AvgIpc) is 2.48. The molecule has 2 aromatic rings. The van der Waals surface area contributed by atoms with Gasteiger partial charge in [0, 0.05) is 17.9 Å². The first-order chi connectivity index (χ1) is 11.3. The summed E-state index contributed by atoms with van der Waals surface area (Å²) in [6.07, 6.45) is -4.56. The zero-order valence-electron chi connectivity index (χ0n) is 13.1. The maximum atomic E-state index is 12.8. The maximum Gasteiger partial charge on any atom is 0.418 e. The van der Waals surface area contributed by atoms with Crippen LogP contribution in [-0.4, -0.2) is 24.4 Å². The number of rotatable bonds is 5. The fraction of sp³-hybridized carbons (Fsp3) is 0.235. The van der Waals surface area contributed by atoms with Gasteiger partial charge in [-0.3, -0.25) is 9.69 Å². The molecule has 0 aliphatic heterocycles. The Balaban J connectivity index is 1.97. The van der Waals surface area contributed by atoms with Crippen LogP contribution in [0.4, 0.5) is 24.5 Å². The summed E-state index contributed by atoms with van der Waals surface area (Å²) in [4.78, 5) is 13.8. The molecule has 0 bridgehead atoms. The number of halogens is 3. The lowest BCUT2D eigenvalue weighted by Gasteiger charge is -2.17. The van der Waals surface area contributed by atoms with Crippen LogP contribution in [-0.2, 0) is 17.5 Å². The number of nitrogens with zero attached hydrogens (tertiary/aromatic N) is 1. The summed E-state index contributed by atoms with van der Waals surface area (Å²) < 4.78 is 38.5. The molecule has 0 spiro atoms. The Hall–Kier alpha value is -2.54. The molecule has 128 valence electrons. The Kier molecular flexibility index (Phi) is 5.46. The van der Waals surface area contributed by atoms with Crippen molar-refractivity contribution in [2.24, 2.45) is 0 Å².